The molecule has 1 aliphatic heterocycles. The smallest absolute Gasteiger partial charge is 0.250 e. The Morgan fingerprint density at radius 1 is 1.56 bits per heavy atom. The highest BCUT2D eigenvalue weighted by Crippen LogP contribution is 2.22. The van der Waals surface area contributed by atoms with Gasteiger partial charge in [-0.25, -0.2) is 13.1 Å². The number of nitrogens with one attached hydrogen (secondary N) is 1. The summed E-state index contributed by atoms with van der Waals surface area (Å²) >= 11 is 1.13. The van der Waals surface area contributed by atoms with Crippen LogP contribution >= 0.6 is 11.3 Å². The molecule has 0 aromatic carbocycles. The van der Waals surface area contributed by atoms with E-state index in [4.69, 9.17) is 10.5 Å². The molecule has 1 aromatic heterocycles. The molecule has 0 aliphatic carbocycles. The zero-order chi connectivity index (χ0) is 11.6. The molecule has 0 radical (unpaired) electrons. The van der Waals surface area contributed by atoms with E-state index in [1.165, 1.54) is 6.07 Å². The fourth-order valence-electron chi connectivity index (χ4n) is 1.58. The molecule has 3 N–H and O–H groups in total. The van der Waals surface area contributed by atoms with Crippen LogP contribution in [0, 0.1) is 0 Å². The molecule has 1 unspecified atom stereocenters. The molecule has 2 heterocycles. The van der Waals surface area contributed by atoms with Crippen LogP contribution < -0.4 is 10.5 Å². The molecule has 2 rings (SSSR count). The Hall–Kier alpha value is -0.630. The van der Waals surface area contributed by atoms with E-state index < -0.39 is 10.0 Å². The van der Waals surface area contributed by atoms with E-state index in [9.17, 15) is 8.42 Å². The lowest BCUT2D eigenvalue weighted by Gasteiger charge is -2.22. The first kappa shape index (κ1) is 11.8. The lowest BCUT2D eigenvalue weighted by atomic mass is 10.1. The maximum absolute atomic E-state index is 11.9. The molecule has 90 valence electrons. The van der Waals surface area contributed by atoms with E-state index in [1.807, 2.05) is 0 Å². The zero-order valence-corrected chi connectivity index (χ0v) is 10.3. The fourth-order valence-corrected chi connectivity index (χ4v) is 3.93. The lowest BCUT2D eigenvalue weighted by molar-refractivity contribution is 0.0774. The van der Waals surface area contributed by atoms with E-state index in [0.29, 0.717) is 18.9 Å². The van der Waals surface area contributed by atoms with Crippen LogP contribution in [0.25, 0.3) is 0 Å². The van der Waals surface area contributed by atoms with Gasteiger partial charge in [0.05, 0.1) is 6.61 Å². The Labute approximate surface area is 98.7 Å². The van der Waals surface area contributed by atoms with Crippen molar-refractivity contribution in [2.45, 2.75) is 23.1 Å². The van der Waals surface area contributed by atoms with Gasteiger partial charge in [0.1, 0.15) is 4.21 Å². The standard InChI is InChI=1S/C9H14N2O3S2/c10-7-4-9(15-6-7)16(12,13)11-8-2-1-3-14-5-8/h4,6,8,11H,1-3,5,10H2. The van der Waals surface area contributed by atoms with E-state index in [1.54, 1.807) is 5.38 Å². The van der Waals surface area contributed by atoms with Gasteiger partial charge in [0, 0.05) is 23.7 Å². The number of thiophene rings is 1. The molecule has 1 saturated heterocycles. The van der Waals surface area contributed by atoms with Crippen molar-refractivity contribution < 1.29 is 13.2 Å². The van der Waals surface area contributed by atoms with Crippen LogP contribution in [0.15, 0.2) is 15.7 Å². The van der Waals surface area contributed by atoms with E-state index in [0.717, 1.165) is 24.2 Å². The molecule has 1 aromatic rings. The largest absolute Gasteiger partial charge is 0.398 e. The second kappa shape index (κ2) is 4.70. The molecule has 5 nitrogen and oxygen atoms in total. The molecular weight excluding hydrogens is 248 g/mol. The molecular formula is C9H14N2O3S2. The highest BCUT2D eigenvalue weighted by Gasteiger charge is 2.23. The summed E-state index contributed by atoms with van der Waals surface area (Å²) in [5.74, 6) is 0. The third kappa shape index (κ3) is 2.73. The van der Waals surface area contributed by atoms with Gasteiger partial charge < -0.3 is 10.5 Å². The average Bonchev–Trinajstić information content (AvgIpc) is 2.66. The third-order valence-corrected chi connectivity index (χ3v) is 5.32. The van der Waals surface area contributed by atoms with Crippen molar-refractivity contribution >= 4 is 27.0 Å². The minimum atomic E-state index is -3.43. The summed E-state index contributed by atoms with van der Waals surface area (Å²) in [6.07, 6.45) is 1.71. The molecule has 0 bridgehead atoms. The van der Waals surface area contributed by atoms with Crippen molar-refractivity contribution in [1.29, 1.82) is 0 Å². The molecule has 1 atom stereocenters. The van der Waals surface area contributed by atoms with Gasteiger partial charge in [-0.15, -0.1) is 11.3 Å². The number of hydrogen-bond acceptors (Lipinski definition) is 5. The van der Waals surface area contributed by atoms with Crippen molar-refractivity contribution in [1.82, 2.24) is 4.72 Å². The van der Waals surface area contributed by atoms with Gasteiger partial charge in [-0.05, 0) is 18.9 Å². The van der Waals surface area contributed by atoms with Crippen LogP contribution in [0.5, 0.6) is 0 Å². The zero-order valence-electron chi connectivity index (χ0n) is 8.68. The summed E-state index contributed by atoms with van der Waals surface area (Å²) in [5, 5.41) is 1.62. The van der Waals surface area contributed by atoms with Gasteiger partial charge in [-0.2, -0.15) is 0 Å². The van der Waals surface area contributed by atoms with E-state index >= 15 is 0 Å². The van der Waals surface area contributed by atoms with Crippen molar-refractivity contribution in [3.8, 4) is 0 Å². The predicted octanol–water partition coefficient (Wildman–Crippen LogP) is 0.788. The first-order valence-corrected chi connectivity index (χ1v) is 7.38. The van der Waals surface area contributed by atoms with Gasteiger partial charge in [0.15, 0.2) is 0 Å². The number of rotatable bonds is 3. The van der Waals surface area contributed by atoms with Crippen molar-refractivity contribution in [2.24, 2.45) is 0 Å². The van der Waals surface area contributed by atoms with Gasteiger partial charge in [-0.1, -0.05) is 0 Å². The second-order valence-corrected chi connectivity index (χ2v) is 6.59. The van der Waals surface area contributed by atoms with Crippen LogP contribution in [0.2, 0.25) is 0 Å². The molecule has 1 aliphatic rings. The number of sulfonamides is 1. The van der Waals surface area contributed by atoms with Crippen LogP contribution in [0.4, 0.5) is 5.69 Å². The SMILES string of the molecule is Nc1csc(S(=O)(=O)NC2CCCOC2)c1. The lowest BCUT2D eigenvalue weighted by Crippen LogP contribution is -2.40. The number of nitrogen functional groups attached to an aromatic ring is 1. The summed E-state index contributed by atoms with van der Waals surface area (Å²) in [6.45, 7) is 1.16. The monoisotopic (exact) mass is 262 g/mol. The first-order chi connectivity index (χ1) is 7.58. The van der Waals surface area contributed by atoms with Crippen molar-refractivity contribution in [3.63, 3.8) is 0 Å². The van der Waals surface area contributed by atoms with Gasteiger partial charge in [-0.3, -0.25) is 0 Å². The fraction of sp³-hybridized carbons (Fsp3) is 0.556. The average molecular weight is 262 g/mol. The van der Waals surface area contributed by atoms with Gasteiger partial charge in [0.25, 0.3) is 0 Å². The second-order valence-electron chi connectivity index (χ2n) is 3.73. The molecule has 16 heavy (non-hydrogen) atoms. The van der Waals surface area contributed by atoms with Crippen molar-refractivity contribution in [2.75, 3.05) is 18.9 Å². The molecule has 7 heteroatoms. The topological polar surface area (TPSA) is 81.4 Å². The Bertz CT molecular complexity index is 449. The van der Waals surface area contributed by atoms with E-state index in [2.05, 4.69) is 4.72 Å². The summed E-state index contributed by atoms with van der Waals surface area (Å²) in [4.78, 5) is 0. The Kier molecular flexibility index (Phi) is 3.48. The molecule has 1 fully saturated rings. The minimum Gasteiger partial charge on any atom is -0.398 e. The number of anilines is 1. The van der Waals surface area contributed by atoms with Gasteiger partial charge >= 0.3 is 0 Å². The summed E-state index contributed by atoms with van der Waals surface area (Å²) in [7, 11) is -3.43. The van der Waals surface area contributed by atoms with Gasteiger partial charge in [0.2, 0.25) is 10.0 Å². The summed E-state index contributed by atoms with van der Waals surface area (Å²) in [5.41, 5.74) is 5.98. The molecule has 0 saturated carbocycles. The highest BCUT2D eigenvalue weighted by atomic mass is 32.2. The maximum Gasteiger partial charge on any atom is 0.250 e. The van der Waals surface area contributed by atoms with Crippen LogP contribution in [0.3, 0.4) is 0 Å². The number of ether oxygens (including phenoxy) is 1. The normalized spacial score (nSPS) is 22.1. The number of hydrogen-bond donors (Lipinski definition) is 2. The molecule has 0 amide bonds. The Morgan fingerprint density at radius 3 is 2.94 bits per heavy atom. The summed E-state index contributed by atoms with van der Waals surface area (Å²) < 4.78 is 31.9. The maximum atomic E-state index is 11.9. The quantitative estimate of drug-likeness (QED) is 0.843. The number of nitrogens with two attached hydrogens (primary N) is 1. The van der Waals surface area contributed by atoms with Crippen LogP contribution in [-0.4, -0.2) is 27.7 Å². The van der Waals surface area contributed by atoms with Crippen LogP contribution in [0.1, 0.15) is 12.8 Å². The van der Waals surface area contributed by atoms with Crippen LogP contribution in [-0.2, 0) is 14.8 Å². The highest BCUT2D eigenvalue weighted by molar-refractivity contribution is 7.91. The van der Waals surface area contributed by atoms with E-state index in [-0.39, 0.29) is 10.3 Å². The predicted molar refractivity (Wildman–Crippen MR) is 62.9 cm³/mol. The Morgan fingerprint density at radius 2 is 2.38 bits per heavy atom. The minimum absolute atomic E-state index is 0.123. The Balaban J connectivity index is 2.07. The van der Waals surface area contributed by atoms with Crippen molar-refractivity contribution in [3.05, 3.63) is 11.4 Å². The molecule has 0 spiro atoms. The third-order valence-electron chi connectivity index (χ3n) is 2.34. The first-order valence-electron chi connectivity index (χ1n) is 5.02. The summed E-state index contributed by atoms with van der Waals surface area (Å²) in [6, 6.07) is 1.35.